The molecule has 0 saturated heterocycles. The molecule has 0 saturated carbocycles. The average molecular weight is 352 g/mol. The molecule has 0 aliphatic rings. The lowest BCUT2D eigenvalue weighted by atomic mass is 10.2. The molecule has 1 aromatic heterocycles. The van der Waals surface area contributed by atoms with Crippen molar-refractivity contribution in [2.24, 2.45) is 0 Å². The third-order valence-corrected chi connectivity index (χ3v) is 5.13. The summed E-state index contributed by atoms with van der Waals surface area (Å²) in [5.74, 6) is 0. The topological polar surface area (TPSA) is 39.1 Å². The molecule has 0 spiro atoms. The third-order valence-electron chi connectivity index (χ3n) is 2.87. The zero-order valence-corrected chi connectivity index (χ0v) is 13.4. The van der Waals surface area contributed by atoms with Crippen LogP contribution in [0.5, 0.6) is 0 Å². The molecular weight excluding hydrogens is 338 g/mol. The van der Waals surface area contributed by atoms with Gasteiger partial charge < -0.3 is 0 Å². The molecule has 3 nitrogen and oxygen atoms in total. The number of allylic oxidation sites excluding steroid dienone is 2. The van der Waals surface area contributed by atoms with Gasteiger partial charge in [0.1, 0.15) is 0 Å². The molecular formula is C15H14BrNO2S. The lowest BCUT2D eigenvalue weighted by molar-refractivity contribution is 0.587. The van der Waals surface area contributed by atoms with Crippen molar-refractivity contribution in [2.45, 2.75) is 11.8 Å². The normalized spacial score (nSPS) is 12.4. The quantitative estimate of drug-likeness (QED) is 0.782. The predicted octanol–water partition coefficient (Wildman–Crippen LogP) is 3.96. The number of nitrogens with zero attached hydrogens (tertiary/aromatic N) is 1. The molecule has 0 unspecified atom stereocenters. The molecule has 104 valence electrons. The van der Waals surface area contributed by atoms with E-state index in [-0.39, 0.29) is 4.90 Å². The first-order valence-corrected chi connectivity index (χ1v) is 8.18. The van der Waals surface area contributed by atoms with Crippen molar-refractivity contribution < 1.29 is 8.42 Å². The Morgan fingerprint density at radius 3 is 2.50 bits per heavy atom. The van der Waals surface area contributed by atoms with Crippen molar-refractivity contribution in [3.8, 4) is 0 Å². The first-order valence-electron chi connectivity index (χ1n) is 5.95. The molecule has 0 bridgehead atoms. The maximum absolute atomic E-state index is 12.6. The van der Waals surface area contributed by atoms with Crippen molar-refractivity contribution in [1.82, 2.24) is 3.97 Å². The SMILES string of the molecule is C=C/C(Br)=C\c1c(C)ccn1S(=O)(=O)c1ccccc1. The molecule has 1 aromatic carbocycles. The first-order chi connectivity index (χ1) is 9.46. The average Bonchev–Trinajstić information content (AvgIpc) is 2.81. The van der Waals surface area contributed by atoms with Gasteiger partial charge in [-0.3, -0.25) is 0 Å². The van der Waals surface area contributed by atoms with Crippen LogP contribution < -0.4 is 0 Å². The van der Waals surface area contributed by atoms with Crippen molar-refractivity contribution >= 4 is 32.0 Å². The molecule has 20 heavy (non-hydrogen) atoms. The Balaban J connectivity index is 2.63. The number of hydrogen-bond donors (Lipinski definition) is 0. The second-order valence-electron chi connectivity index (χ2n) is 4.23. The van der Waals surface area contributed by atoms with E-state index in [1.54, 1.807) is 54.7 Å². The molecule has 0 amide bonds. The zero-order valence-electron chi connectivity index (χ0n) is 11.0. The Hall–Kier alpha value is -1.59. The second-order valence-corrected chi connectivity index (χ2v) is 6.96. The summed E-state index contributed by atoms with van der Waals surface area (Å²) in [6.45, 7) is 5.51. The predicted molar refractivity (Wildman–Crippen MR) is 85.3 cm³/mol. The number of benzene rings is 1. The van der Waals surface area contributed by atoms with Crippen molar-refractivity contribution in [3.05, 3.63) is 71.0 Å². The fourth-order valence-electron chi connectivity index (χ4n) is 1.80. The second kappa shape index (κ2) is 5.81. The van der Waals surface area contributed by atoms with E-state index in [0.29, 0.717) is 5.69 Å². The number of hydrogen-bond acceptors (Lipinski definition) is 2. The first kappa shape index (κ1) is 14.8. The number of halogens is 1. The summed E-state index contributed by atoms with van der Waals surface area (Å²) in [5, 5.41) is 0. The van der Waals surface area contributed by atoms with E-state index in [9.17, 15) is 8.42 Å². The van der Waals surface area contributed by atoms with Crippen LogP contribution in [0.15, 0.2) is 64.6 Å². The Kier molecular flexibility index (Phi) is 4.30. The maximum atomic E-state index is 12.6. The van der Waals surface area contributed by atoms with Crippen LogP contribution in [-0.4, -0.2) is 12.4 Å². The molecule has 1 heterocycles. The fourth-order valence-corrected chi connectivity index (χ4v) is 3.42. The summed E-state index contributed by atoms with van der Waals surface area (Å²) >= 11 is 3.32. The van der Waals surface area contributed by atoms with Crippen LogP contribution in [0, 0.1) is 6.92 Å². The molecule has 0 aliphatic heterocycles. The highest BCUT2D eigenvalue weighted by Gasteiger charge is 2.19. The lowest BCUT2D eigenvalue weighted by Crippen LogP contribution is -2.13. The smallest absolute Gasteiger partial charge is 0.241 e. The molecule has 2 aromatic rings. The van der Waals surface area contributed by atoms with E-state index in [0.717, 1.165) is 10.0 Å². The van der Waals surface area contributed by atoms with Crippen LogP contribution in [0.2, 0.25) is 0 Å². The van der Waals surface area contributed by atoms with Gasteiger partial charge in [0, 0.05) is 10.7 Å². The minimum absolute atomic E-state index is 0.264. The van der Waals surface area contributed by atoms with Crippen LogP contribution in [0.25, 0.3) is 6.08 Å². The minimum atomic E-state index is -3.59. The van der Waals surface area contributed by atoms with Gasteiger partial charge in [-0.05, 0) is 36.8 Å². The molecule has 0 N–H and O–H groups in total. The summed E-state index contributed by atoms with van der Waals surface area (Å²) in [6, 6.07) is 10.1. The summed E-state index contributed by atoms with van der Waals surface area (Å²) < 4.78 is 27.3. The minimum Gasteiger partial charge on any atom is -0.241 e. The van der Waals surface area contributed by atoms with Gasteiger partial charge >= 0.3 is 0 Å². The molecule has 5 heteroatoms. The zero-order chi connectivity index (χ0) is 14.8. The van der Waals surface area contributed by atoms with Gasteiger partial charge in [0.2, 0.25) is 0 Å². The van der Waals surface area contributed by atoms with Gasteiger partial charge in [0.05, 0.1) is 10.6 Å². The van der Waals surface area contributed by atoms with Crippen LogP contribution >= 0.6 is 15.9 Å². The molecule has 2 rings (SSSR count). The van der Waals surface area contributed by atoms with Gasteiger partial charge in [-0.25, -0.2) is 12.4 Å². The Labute approximate surface area is 127 Å². The van der Waals surface area contributed by atoms with Crippen LogP contribution in [0.3, 0.4) is 0 Å². The Morgan fingerprint density at radius 2 is 1.90 bits per heavy atom. The highest BCUT2D eigenvalue weighted by atomic mass is 79.9. The fraction of sp³-hybridized carbons (Fsp3) is 0.0667. The summed E-state index contributed by atoms with van der Waals surface area (Å²) in [7, 11) is -3.59. The van der Waals surface area contributed by atoms with Crippen LogP contribution in [0.4, 0.5) is 0 Å². The number of rotatable bonds is 4. The van der Waals surface area contributed by atoms with E-state index in [1.807, 2.05) is 6.92 Å². The van der Waals surface area contributed by atoms with E-state index in [2.05, 4.69) is 22.5 Å². The summed E-state index contributed by atoms with van der Waals surface area (Å²) in [4.78, 5) is 0.264. The van der Waals surface area contributed by atoms with Gasteiger partial charge in [0.15, 0.2) is 0 Å². The highest BCUT2D eigenvalue weighted by Crippen LogP contribution is 2.23. The molecule has 0 fully saturated rings. The van der Waals surface area contributed by atoms with E-state index < -0.39 is 10.0 Å². The standard InChI is InChI=1S/C15H14BrNO2S/c1-3-13(16)11-15-12(2)9-10-17(15)20(18,19)14-7-5-4-6-8-14/h3-11H,1H2,2H3/b13-11+. The molecule has 0 aliphatic carbocycles. The lowest BCUT2D eigenvalue weighted by Gasteiger charge is -2.09. The Morgan fingerprint density at radius 1 is 1.25 bits per heavy atom. The van der Waals surface area contributed by atoms with Crippen molar-refractivity contribution in [2.75, 3.05) is 0 Å². The highest BCUT2D eigenvalue weighted by molar-refractivity contribution is 9.12. The third kappa shape index (κ3) is 2.78. The Bertz CT molecular complexity index is 758. The van der Waals surface area contributed by atoms with E-state index in [4.69, 9.17) is 0 Å². The largest absolute Gasteiger partial charge is 0.268 e. The molecule has 0 atom stereocenters. The van der Waals surface area contributed by atoms with Gasteiger partial charge in [-0.1, -0.05) is 46.8 Å². The van der Waals surface area contributed by atoms with E-state index in [1.165, 1.54) is 3.97 Å². The van der Waals surface area contributed by atoms with Crippen LogP contribution in [-0.2, 0) is 10.0 Å². The monoisotopic (exact) mass is 351 g/mol. The number of aromatic nitrogens is 1. The van der Waals surface area contributed by atoms with Gasteiger partial charge in [-0.15, -0.1) is 0 Å². The van der Waals surface area contributed by atoms with Crippen LogP contribution in [0.1, 0.15) is 11.3 Å². The number of aryl methyl sites for hydroxylation is 1. The maximum Gasteiger partial charge on any atom is 0.268 e. The van der Waals surface area contributed by atoms with Gasteiger partial charge in [0.25, 0.3) is 10.0 Å². The summed E-state index contributed by atoms with van der Waals surface area (Å²) in [6.07, 6.45) is 4.92. The van der Waals surface area contributed by atoms with E-state index >= 15 is 0 Å². The summed E-state index contributed by atoms with van der Waals surface area (Å²) in [5.41, 5.74) is 1.49. The van der Waals surface area contributed by atoms with Crippen molar-refractivity contribution in [3.63, 3.8) is 0 Å². The van der Waals surface area contributed by atoms with Crippen molar-refractivity contribution in [1.29, 1.82) is 0 Å². The van der Waals surface area contributed by atoms with Gasteiger partial charge in [-0.2, -0.15) is 0 Å². The molecule has 0 radical (unpaired) electrons.